The van der Waals surface area contributed by atoms with Crippen LogP contribution in [0.15, 0.2) is 16.5 Å². The van der Waals surface area contributed by atoms with Crippen LogP contribution >= 0.6 is 0 Å². The molecular formula is C10H17NO4S. The van der Waals surface area contributed by atoms with Crippen molar-refractivity contribution in [3.8, 4) is 0 Å². The van der Waals surface area contributed by atoms with E-state index in [9.17, 15) is 8.42 Å². The van der Waals surface area contributed by atoms with Crippen molar-refractivity contribution in [1.29, 1.82) is 0 Å². The lowest BCUT2D eigenvalue weighted by Gasteiger charge is -2.13. The number of nitrogens with one attached hydrogen (secondary N) is 1. The molecule has 5 nitrogen and oxygen atoms in total. The number of furan rings is 1. The van der Waals surface area contributed by atoms with Gasteiger partial charge in [-0.15, -0.1) is 0 Å². The first-order valence-electron chi connectivity index (χ1n) is 5.01. The molecule has 1 aromatic rings. The summed E-state index contributed by atoms with van der Waals surface area (Å²) < 4.78 is 35.2. The smallest absolute Gasteiger partial charge is 0.209 e. The molecule has 0 aliphatic heterocycles. The van der Waals surface area contributed by atoms with Gasteiger partial charge < -0.3 is 9.15 Å². The monoisotopic (exact) mass is 247 g/mol. The number of ether oxygens (including phenoxy) is 1. The van der Waals surface area contributed by atoms with Gasteiger partial charge in [0.2, 0.25) is 10.0 Å². The first kappa shape index (κ1) is 13.2. The quantitative estimate of drug-likeness (QED) is 0.816. The molecule has 1 aromatic heterocycles. The molecule has 0 unspecified atom stereocenters. The molecule has 0 fully saturated rings. The Hall–Kier alpha value is -0.850. The number of sulfonamides is 1. The molecule has 0 saturated heterocycles. The average molecular weight is 247 g/mol. The van der Waals surface area contributed by atoms with Crippen molar-refractivity contribution in [1.82, 2.24) is 4.72 Å². The van der Waals surface area contributed by atoms with Gasteiger partial charge in [0, 0.05) is 13.5 Å². The van der Waals surface area contributed by atoms with Gasteiger partial charge in [-0.25, -0.2) is 13.1 Å². The predicted molar refractivity (Wildman–Crippen MR) is 60.7 cm³/mol. The molecule has 6 heteroatoms. The van der Waals surface area contributed by atoms with E-state index in [1.165, 1.54) is 7.11 Å². The Morgan fingerprint density at radius 2 is 2.19 bits per heavy atom. The second kappa shape index (κ2) is 5.47. The maximum Gasteiger partial charge on any atom is 0.209 e. The second-order valence-corrected chi connectivity index (χ2v) is 5.34. The Bertz CT molecular complexity index is 424. The third-order valence-electron chi connectivity index (χ3n) is 2.06. The van der Waals surface area contributed by atoms with Gasteiger partial charge in [-0.2, -0.15) is 0 Å². The first-order chi connectivity index (χ1) is 7.46. The van der Waals surface area contributed by atoms with Crippen molar-refractivity contribution < 1.29 is 17.6 Å². The lowest BCUT2D eigenvalue weighted by molar-refractivity contribution is 0.166. The summed E-state index contributed by atoms with van der Waals surface area (Å²) in [7, 11) is -1.77. The molecule has 0 radical (unpaired) electrons. The van der Waals surface area contributed by atoms with Gasteiger partial charge in [0.1, 0.15) is 17.6 Å². The standard InChI is InChI=1S/C10H17NO4S/c1-4-8-5-6-10(15-8)9(7-14-2)11-16(3,12)13/h5-6,9,11H,4,7H2,1-3H3/t9-/m1/s1. The minimum absolute atomic E-state index is 0.240. The van der Waals surface area contributed by atoms with Crippen molar-refractivity contribution in [2.24, 2.45) is 0 Å². The van der Waals surface area contributed by atoms with Crippen LogP contribution in [0.4, 0.5) is 0 Å². The van der Waals surface area contributed by atoms with Crippen molar-refractivity contribution in [3.63, 3.8) is 0 Å². The molecule has 16 heavy (non-hydrogen) atoms. The Labute approximate surface area is 95.8 Å². The van der Waals surface area contributed by atoms with E-state index >= 15 is 0 Å². The predicted octanol–water partition coefficient (Wildman–Crippen LogP) is 1.08. The zero-order chi connectivity index (χ0) is 12.2. The zero-order valence-corrected chi connectivity index (χ0v) is 10.5. The van der Waals surface area contributed by atoms with Crippen LogP contribution in [0.1, 0.15) is 24.5 Å². The second-order valence-electron chi connectivity index (χ2n) is 3.56. The van der Waals surface area contributed by atoms with E-state index in [-0.39, 0.29) is 6.61 Å². The van der Waals surface area contributed by atoms with Crippen LogP contribution in [-0.2, 0) is 21.2 Å². The van der Waals surface area contributed by atoms with Crippen molar-refractivity contribution >= 4 is 10.0 Å². The van der Waals surface area contributed by atoms with E-state index in [1.54, 1.807) is 6.07 Å². The van der Waals surface area contributed by atoms with Crippen LogP contribution in [-0.4, -0.2) is 28.4 Å². The summed E-state index contributed by atoms with van der Waals surface area (Å²) >= 11 is 0. The van der Waals surface area contributed by atoms with Gasteiger partial charge in [-0.3, -0.25) is 0 Å². The fourth-order valence-corrected chi connectivity index (χ4v) is 2.07. The third kappa shape index (κ3) is 3.96. The van der Waals surface area contributed by atoms with E-state index in [4.69, 9.17) is 9.15 Å². The Morgan fingerprint density at radius 3 is 2.62 bits per heavy atom. The highest BCUT2D eigenvalue weighted by Gasteiger charge is 2.19. The van der Waals surface area contributed by atoms with Gasteiger partial charge in [0.15, 0.2) is 0 Å². The highest BCUT2D eigenvalue weighted by Crippen LogP contribution is 2.18. The maximum absolute atomic E-state index is 11.2. The van der Waals surface area contributed by atoms with Gasteiger partial charge in [-0.05, 0) is 12.1 Å². The highest BCUT2D eigenvalue weighted by molar-refractivity contribution is 7.88. The fourth-order valence-electron chi connectivity index (χ4n) is 1.37. The molecular weight excluding hydrogens is 230 g/mol. The molecule has 0 aliphatic rings. The van der Waals surface area contributed by atoms with E-state index < -0.39 is 16.1 Å². The third-order valence-corrected chi connectivity index (χ3v) is 2.78. The fraction of sp³-hybridized carbons (Fsp3) is 0.600. The van der Waals surface area contributed by atoms with Crippen LogP contribution < -0.4 is 4.72 Å². The lowest BCUT2D eigenvalue weighted by Crippen LogP contribution is -2.30. The van der Waals surface area contributed by atoms with Gasteiger partial charge in [-0.1, -0.05) is 6.92 Å². The minimum atomic E-state index is -3.28. The summed E-state index contributed by atoms with van der Waals surface area (Å²) in [6.45, 7) is 2.21. The normalized spacial score (nSPS) is 13.9. The number of aryl methyl sites for hydroxylation is 1. The molecule has 0 amide bonds. The van der Waals surface area contributed by atoms with E-state index in [0.717, 1.165) is 18.4 Å². The maximum atomic E-state index is 11.2. The average Bonchev–Trinajstić information content (AvgIpc) is 2.63. The molecule has 1 N–H and O–H groups in total. The van der Waals surface area contributed by atoms with Gasteiger partial charge >= 0.3 is 0 Å². The summed E-state index contributed by atoms with van der Waals surface area (Å²) in [5.74, 6) is 1.40. The summed E-state index contributed by atoms with van der Waals surface area (Å²) in [5, 5.41) is 0. The van der Waals surface area contributed by atoms with Gasteiger partial charge in [0.25, 0.3) is 0 Å². The SMILES string of the molecule is CCc1ccc([C@@H](COC)NS(C)(=O)=O)o1. The van der Waals surface area contributed by atoms with E-state index in [1.807, 2.05) is 13.0 Å². The summed E-state index contributed by atoms with van der Waals surface area (Å²) in [4.78, 5) is 0. The van der Waals surface area contributed by atoms with Crippen LogP contribution in [0.25, 0.3) is 0 Å². The Balaban J connectivity index is 2.84. The molecule has 1 atom stereocenters. The molecule has 92 valence electrons. The minimum Gasteiger partial charge on any atom is -0.464 e. The van der Waals surface area contributed by atoms with E-state index in [0.29, 0.717) is 5.76 Å². The van der Waals surface area contributed by atoms with Crippen LogP contribution in [0.3, 0.4) is 0 Å². The molecule has 1 heterocycles. The van der Waals surface area contributed by atoms with Crippen LogP contribution in [0.2, 0.25) is 0 Å². The molecule has 0 saturated carbocycles. The largest absolute Gasteiger partial charge is 0.464 e. The summed E-state index contributed by atoms with van der Waals surface area (Å²) in [6.07, 6.45) is 1.89. The number of methoxy groups -OCH3 is 1. The van der Waals surface area contributed by atoms with E-state index in [2.05, 4.69) is 4.72 Å². The molecule has 0 aromatic carbocycles. The molecule has 0 aliphatic carbocycles. The Morgan fingerprint density at radius 1 is 1.50 bits per heavy atom. The number of hydrogen-bond donors (Lipinski definition) is 1. The van der Waals surface area contributed by atoms with Crippen molar-refractivity contribution in [2.75, 3.05) is 20.0 Å². The number of rotatable bonds is 6. The summed E-state index contributed by atoms with van der Waals surface area (Å²) in [5.41, 5.74) is 0. The van der Waals surface area contributed by atoms with Crippen LogP contribution in [0.5, 0.6) is 0 Å². The van der Waals surface area contributed by atoms with Gasteiger partial charge in [0.05, 0.1) is 12.9 Å². The molecule has 1 rings (SSSR count). The number of hydrogen-bond acceptors (Lipinski definition) is 4. The van der Waals surface area contributed by atoms with Crippen molar-refractivity contribution in [2.45, 2.75) is 19.4 Å². The zero-order valence-electron chi connectivity index (χ0n) is 9.69. The van der Waals surface area contributed by atoms with Crippen molar-refractivity contribution in [3.05, 3.63) is 23.7 Å². The molecule has 0 bridgehead atoms. The highest BCUT2D eigenvalue weighted by atomic mass is 32.2. The summed E-state index contributed by atoms with van der Waals surface area (Å²) in [6, 6.07) is 3.13. The first-order valence-corrected chi connectivity index (χ1v) is 6.90. The lowest BCUT2D eigenvalue weighted by atomic mass is 10.2. The van der Waals surface area contributed by atoms with Crippen LogP contribution in [0, 0.1) is 0 Å². The topological polar surface area (TPSA) is 68.5 Å². The molecule has 0 spiro atoms. The Kier molecular flexibility index (Phi) is 4.52.